The molecule has 60 heavy (non-hydrogen) atoms. The Morgan fingerprint density at radius 3 is 2.10 bits per heavy atom. The van der Waals surface area contributed by atoms with Crippen molar-refractivity contribution in [3.05, 3.63) is 69.1 Å². The summed E-state index contributed by atoms with van der Waals surface area (Å²) in [6.45, 7) is 18.1. The molecule has 4 aliphatic heterocycles. The highest BCUT2D eigenvalue weighted by molar-refractivity contribution is 6.23. The van der Waals surface area contributed by atoms with Crippen molar-refractivity contribution in [2.24, 2.45) is 0 Å². The van der Waals surface area contributed by atoms with Crippen molar-refractivity contribution in [3.8, 4) is 0 Å². The van der Waals surface area contributed by atoms with Crippen molar-refractivity contribution >= 4 is 51.1 Å². The number of hydrogen-bond acceptors (Lipinski definition) is 7. The molecule has 8 bridgehead atoms. The van der Waals surface area contributed by atoms with Gasteiger partial charge in [0.15, 0.2) is 0 Å². The molecule has 3 atom stereocenters. The second-order valence-electron chi connectivity index (χ2n) is 17.3. The summed E-state index contributed by atoms with van der Waals surface area (Å²) in [5.41, 5.74) is 12.3. The maximum atomic E-state index is 14.9. The fourth-order valence-electron chi connectivity index (χ4n) is 9.54. The molecule has 0 radical (unpaired) electrons. The Labute approximate surface area is 357 Å². The van der Waals surface area contributed by atoms with Crippen LogP contribution in [0.5, 0.6) is 0 Å². The van der Waals surface area contributed by atoms with Gasteiger partial charge in [-0.05, 0) is 93.9 Å². The topological polar surface area (TPSA) is 130 Å². The maximum Gasteiger partial charge on any atom is 0.305 e. The smallest absolute Gasteiger partial charge is 0.305 e. The molecule has 2 aromatic heterocycles. The number of nitrogens with one attached hydrogen (secondary N) is 2. The third-order valence-corrected chi connectivity index (χ3v) is 13.3. The highest BCUT2D eigenvalue weighted by Crippen LogP contribution is 2.45. The number of nitrogens with zero attached hydrogens (tertiary/aromatic N) is 3. The fourth-order valence-corrected chi connectivity index (χ4v) is 9.54. The quantitative estimate of drug-likeness (QED) is 0.0772. The van der Waals surface area contributed by atoms with Crippen molar-refractivity contribution in [1.29, 1.82) is 0 Å². The predicted molar refractivity (Wildman–Crippen MR) is 242 cm³/mol. The lowest BCUT2D eigenvalue weighted by Gasteiger charge is -2.27. The number of methoxy groups -OCH3 is 1. The van der Waals surface area contributed by atoms with Crippen LogP contribution in [0.4, 0.5) is 0 Å². The zero-order chi connectivity index (χ0) is 43.1. The van der Waals surface area contributed by atoms with Gasteiger partial charge < -0.3 is 19.4 Å². The molecular weight excluding hydrogens is 751 g/mol. The number of carbonyl (C=O) groups is 3. The number of imide groups is 1. The van der Waals surface area contributed by atoms with Crippen LogP contribution in [-0.4, -0.2) is 69.0 Å². The molecule has 0 saturated heterocycles. The van der Waals surface area contributed by atoms with Crippen molar-refractivity contribution in [2.75, 3.05) is 20.3 Å². The second kappa shape index (κ2) is 20.3. The van der Waals surface area contributed by atoms with E-state index in [0.29, 0.717) is 36.2 Å². The first-order valence-electron chi connectivity index (χ1n) is 23.0. The van der Waals surface area contributed by atoms with Gasteiger partial charge in [0, 0.05) is 53.9 Å². The predicted octanol–water partition coefficient (Wildman–Crippen LogP) is 12.2. The average molecular weight is 820 g/mol. The van der Waals surface area contributed by atoms with Gasteiger partial charge in [0.1, 0.15) is 0 Å². The largest absolute Gasteiger partial charge is 0.469 e. The summed E-state index contributed by atoms with van der Waals surface area (Å²) in [5, 5.41) is 0. The number of amides is 2. The number of H-pyrrole nitrogens is 2. The van der Waals surface area contributed by atoms with Crippen molar-refractivity contribution < 1.29 is 23.9 Å². The van der Waals surface area contributed by atoms with Crippen LogP contribution in [0, 0.1) is 6.92 Å². The number of aromatic amines is 2. The van der Waals surface area contributed by atoms with Crippen molar-refractivity contribution in [3.63, 3.8) is 0 Å². The van der Waals surface area contributed by atoms with Gasteiger partial charge in [-0.2, -0.15) is 0 Å². The Morgan fingerprint density at radius 1 is 0.783 bits per heavy atom. The summed E-state index contributed by atoms with van der Waals surface area (Å²) in [5.74, 6) is -1.22. The third-order valence-electron chi connectivity index (χ3n) is 13.3. The first-order valence-corrected chi connectivity index (χ1v) is 23.0. The third kappa shape index (κ3) is 9.34. The molecule has 2 aromatic rings. The number of allylic oxidation sites excluding steroid dienone is 3. The number of rotatable bonds is 20. The number of hydrogen-bond donors (Lipinski definition) is 2. The molecule has 1 unspecified atom stereocenters. The minimum atomic E-state index is -0.314. The van der Waals surface area contributed by atoms with E-state index in [1.54, 1.807) is 0 Å². The summed E-state index contributed by atoms with van der Waals surface area (Å²) in [7, 11) is 1.41. The molecule has 4 aliphatic rings. The second-order valence-corrected chi connectivity index (χ2v) is 17.3. The zero-order valence-corrected chi connectivity index (χ0v) is 37.9. The van der Waals surface area contributed by atoms with Gasteiger partial charge in [-0.1, -0.05) is 91.9 Å². The van der Waals surface area contributed by atoms with E-state index < -0.39 is 0 Å². The number of ether oxygens (including phenoxy) is 2. The highest BCUT2D eigenvalue weighted by atomic mass is 16.5. The molecule has 324 valence electrons. The molecule has 2 amide bonds. The van der Waals surface area contributed by atoms with Gasteiger partial charge in [0.05, 0.1) is 52.6 Å². The molecule has 6 rings (SSSR count). The number of esters is 1. The van der Waals surface area contributed by atoms with Gasteiger partial charge in [-0.3, -0.25) is 19.3 Å². The summed E-state index contributed by atoms with van der Waals surface area (Å²) >= 11 is 0. The molecule has 0 saturated carbocycles. The monoisotopic (exact) mass is 820 g/mol. The Morgan fingerprint density at radius 2 is 1.42 bits per heavy atom. The van der Waals surface area contributed by atoms with Crippen LogP contribution in [0.2, 0.25) is 0 Å². The maximum absolute atomic E-state index is 14.9. The van der Waals surface area contributed by atoms with Crippen molar-refractivity contribution in [2.45, 2.75) is 170 Å². The first-order chi connectivity index (χ1) is 28.9. The summed E-state index contributed by atoms with van der Waals surface area (Å²) in [4.78, 5) is 61.4. The van der Waals surface area contributed by atoms with Crippen LogP contribution in [0.1, 0.15) is 217 Å². The lowest BCUT2D eigenvalue weighted by Crippen LogP contribution is -2.41. The molecule has 0 spiro atoms. The number of aromatic nitrogens is 4. The molecule has 0 fully saturated rings. The van der Waals surface area contributed by atoms with Crippen LogP contribution in [0.25, 0.3) is 33.3 Å². The number of carbonyl (C=O) groups excluding carboxylic acids is 3. The van der Waals surface area contributed by atoms with Crippen molar-refractivity contribution in [1.82, 2.24) is 24.8 Å². The minimum absolute atomic E-state index is 0.0996. The van der Waals surface area contributed by atoms with E-state index in [4.69, 9.17) is 19.4 Å². The average Bonchev–Trinajstić information content (AvgIpc) is 3.91. The van der Waals surface area contributed by atoms with Crippen LogP contribution >= 0.6 is 0 Å². The molecule has 6 heterocycles. The Hall–Kier alpha value is -4.57. The van der Waals surface area contributed by atoms with E-state index in [1.807, 2.05) is 13.0 Å². The molecular formula is C50H69N5O5. The first kappa shape index (κ1) is 45.0. The number of fused-ring (bicyclic) bond motifs is 8. The molecule has 2 N–H and O–H groups in total. The number of aryl methyl sites for hydroxylation is 1. The summed E-state index contributed by atoms with van der Waals surface area (Å²) < 4.78 is 11.7. The van der Waals surface area contributed by atoms with Crippen LogP contribution in [0.3, 0.4) is 0 Å². The number of unbranched alkanes of at least 4 members (excludes halogenated alkanes) is 10. The Balaban J connectivity index is 1.56. The van der Waals surface area contributed by atoms with Crippen LogP contribution in [-0.2, 0) is 14.3 Å². The molecule has 10 nitrogen and oxygen atoms in total. The Kier molecular flexibility index (Phi) is 15.2. The molecule has 0 aromatic carbocycles. The summed E-state index contributed by atoms with van der Waals surface area (Å²) in [6.07, 6.45) is 14.7. The van der Waals surface area contributed by atoms with Gasteiger partial charge in [-0.15, -0.1) is 0 Å². The molecule has 0 aliphatic carbocycles. The van der Waals surface area contributed by atoms with Gasteiger partial charge >= 0.3 is 5.97 Å². The van der Waals surface area contributed by atoms with E-state index >= 15 is 0 Å². The van der Waals surface area contributed by atoms with Crippen LogP contribution in [0.15, 0.2) is 18.2 Å². The highest BCUT2D eigenvalue weighted by Gasteiger charge is 2.40. The lowest BCUT2D eigenvalue weighted by atomic mass is 9.84. The van der Waals surface area contributed by atoms with Crippen LogP contribution < -0.4 is 0 Å². The van der Waals surface area contributed by atoms with E-state index in [1.165, 1.54) is 44.1 Å². The van der Waals surface area contributed by atoms with Gasteiger partial charge in [0.25, 0.3) is 11.8 Å². The summed E-state index contributed by atoms with van der Waals surface area (Å²) in [6, 6.07) is 6.25. The lowest BCUT2D eigenvalue weighted by molar-refractivity contribution is -0.140. The fraction of sp³-hybridized carbons (Fsp3) is 0.580. The normalized spacial score (nSPS) is 17.5. The van der Waals surface area contributed by atoms with E-state index in [0.717, 1.165) is 119 Å². The molecule has 10 heteroatoms. The van der Waals surface area contributed by atoms with Gasteiger partial charge in [-0.25, -0.2) is 9.97 Å². The minimum Gasteiger partial charge on any atom is -0.469 e. The zero-order valence-electron chi connectivity index (χ0n) is 37.9. The Bertz CT molecular complexity index is 2210. The standard InChI is InChI=1S/C50H69N5O5/c1-10-13-15-17-19-21-25-55-49(57)45-33(7)40-28-41-35(12-3)30(4)37(51-41)29-42-44(34(8)60-26-22-20-18-16-14-11-2)32(6)39(52-42)27-38-31(5)36(23-24-43(56)59-9)47(53-38)46(50(55)58)48(45)54-40/h27-29,31,34,36,53-54H,10-26H2,1-9H3/t31-,34?,36-/m0/s1. The van der Waals surface area contributed by atoms with E-state index in [2.05, 4.69) is 70.6 Å². The van der Waals surface area contributed by atoms with E-state index in [-0.39, 0.29) is 42.1 Å². The SMILES string of the molecule is CCCCCCCCOC(C)C1=C(C)c2cc3[nH]c(c4c5[nH]c(cc6nc(cc1n2)C(C)=C6CC)c(C)c5C(=O)N(CCCCCCCC)C4=O)[C@@H](CCC(=O)OC)[C@@H]3C. The van der Waals surface area contributed by atoms with Gasteiger partial charge in [0.2, 0.25) is 0 Å². The van der Waals surface area contributed by atoms with E-state index in [9.17, 15) is 14.4 Å².